The molecule has 2 heterocycles. The minimum Gasteiger partial charge on any atom is -0.497 e. The maximum Gasteiger partial charge on any atom is 0.387 e. The van der Waals surface area contributed by atoms with E-state index in [1.54, 1.807) is 13.1 Å². The molecule has 2 aromatic carbocycles. The number of hydrogen-bond acceptors (Lipinski definition) is 5. The number of rotatable bonds is 8. The van der Waals surface area contributed by atoms with Gasteiger partial charge in [-0.2, -0.15) is 8.78 Å². The lowest BCUT2D eigenvalue weighted by Crippen LogP contribution is -2.45. The molecule has 2 aliphatic rings. The lowest BCUT2D eigenvalue weighted by Gasteiger charge is -2.26. The first-order valence-corrected chi connectivity index (χ1v) is 13.6. The van der Waals surface area contributed by atoms with Crippen LogP contribution in [-0.4, -0.2) is 42.7 Å². The molecule has 5 rings (SSSR count). The van der Waals surface area contributed by atoms with E-state index in [2.05, 4.69) is 10.1 Å². The van der Waals surface area contributed by atoms with Crippen LogP contribution in [0.4, 0.5) is 23.2 Å². The molecule has 0 bridgehead atoms. The van der Waals surface area contributed by atoms with Crippen LogP contribution >= 0.6 is 0 Å². The molecule has 0 saturated carbocycles. The Balaban J connectivity index is 1.57. The molecular formula is C30H29F4N3O5. The van der Waals surface area contributed by atoms with E-state index in [0.29, 0.717) is 13.0 Å². The molecule has 42 heavy (non-hydrogen) atoms. The molecule has 8 nitrogen and oxygen atoms in total. The molecule has 1 aliphatic carbocycles. The highest BCUT2D eigenvalue weighted by Crippen LogP contribution is 2.38. The molecule has 2 atom stereocenters. The fourth-order valence-corrected chi connectivity index (χ4v) is 5.77. The van der Waals surface area contributed by atoms with Crippen LogP contribution in [-0.2, 0) is 24.2 Å². The molecule has 2 amide bonds. The number of carbonyl (C=O) groups excluding carboxylic acids is 2. The van der Waals surface area contributed by atoms with Gasteiger partial charge in [0.25, 0.3) is 11.5 Å². The highest BCUT2D eigenvalue weighted by molar-refractivity contribution is 6.05. The predicted octanol–water partition coefficient (Wildman–Crippen LogP) is 4.56. The van der Waals surface area contributed by atoms with Gasteiger partial charge in [-0.25, -0.2) is 8.78 Å². The number of aromatic nitrogens is 1. The molecule has 1 N–H and O–H groups in total. The number of carbonyl (C=O) groups is 2. The Hall–Kier alpha value is -4.35. The van der Waals surface area contributed by atoms with Crippen LogP contribution in [0.5, 0.6) is 11.5 Å². The van der Waals surface area contributed by atoms with Crippen LogP contribution in [0.3, 0.4) is 0 Å². The van der Waals surface area contributed by atoms with Crippen LogP contribution in [0.25, 0.3) is 0 Å². The number of amides is 2. The molecule has 1 aliphatic heterocycles. The fraction of sp³-hybridized carbons (Fsp3) is 0.367. The number of benzene rings is 2. The van der Waals surface area contributed by atoms with Gasteiger partial charge in [-0.1, -0.05) is 0 Å². The highest BCUT2D eigenvalue weighted by atomic mass is 19.3. The first-order chi connectivity index (χ1) is 20.1. The number of halogens is 4. The highest BCUT2D eigenvalue weighted by Gasteiger charge is 2.46. The van der Waals surface area contributed by atoms with Gasteiger partial charge in [0.1, 0.15) is 34.9 Å². The summed E-state index contributed by atoms with van der Waals surface area (Å²) >= 11 is 0. The zero-order chi connectivity index (χ0) is 30.1. The maximum absolute atomic E-state index is 15.4. The predicted molar refractivity (Wildman–Crippen MR) is 145 cm³/mol. The number of hydrogen-bond donors (Lipinski definition) is 1. The number of nitrogens with one attached hydrogen (secondary N) is 1. The zero-order valence-electron chi connectivity index (χ0n) is 23.0. The van der Waals surface area contributed by atoms with Gasteiger partial charge in [-0.3, -0.25) is 14.4 Å². The van der Waals surface area contributed by atoms with E-state index in [9.17, 15) is 23.2 Å². The molecular weight excluding hydrogens is 558 g/mol. The smallest absolute Gasteiger partial charge is 0.387 e. The first kappa shape index (κ1) is 29.2. The summed E-state index contributed by atoms with van der Waals surface area (Å²) in [5.74, 6) is -4.86. The Bertz CT molecular complexity index is 1550. The monoisotopic (exact) mass is 587 g/mol. The summed E-state index contributed by atoms with van der Waals surface area (Å²) < 4.78 is 66.6. The zero-order valence-corrected chi connectivity index (χ0v) is 23.0. The van der Waals surface area contributed by atoms with Gasteiger partial charge in [-0.15, -0.1) is 0 Å². The number of pyridine rings is 1. The Labute approximate surface area is 238 Å². The summed E-state index contributed by atoms with van der Waals surface area (Å²) in [5, 5.41) is 2.57. The molecule has 0 spiro atoms. The van der Waals surface area contributed by atoms with Crippen molar-refractivity contribution in [1.82, 2.24) is 9.88 Å². The number of fused-ring (bicyclic) bond motifs is 1. The molecule has 1 unspecified atom stereocenters. The third-order valence-corrected chi connectivity index (χ3v) is 7.78. The van der Waals surface area contributed by atoms with Crippen molar-refractivity contribution in [3.05, 3.63) is 86.8 Å². The number of nitrogens with zero attached hydrogens (tertiary/aromatic N) is 2. The second-order valence-electron chi connectivity index (χ2n) is 10.2. The number of anilines is 1. The average Bonchev–Trinajstić information content (AvgIpc) is 3.26. The quantitative estimate of drug-likeness (QED) is 0.391. The van der Waals surface area contributed by atoms with Gasteiger partial charge in [0.05, 0.1) is 7.11 Å². The van der Waals surface area contributed by atoms with Crippen molar-refractivity contribution in [1.29, 1.82) is 0 Å². The van der Waals surface area contributed by atoms with Crippen LogP contribution in [0.15, 0.2) is 47.4 Å². The van der Waals surface area contributed by atoms with Crippen molar-refractivity contribution in [2.45, 2.75) is 57.7 Å². The second kappa shape index (κ2) is 11.9. The van der Waals surface area contributed by atoms with E-state index < -0.39 is 53.1 Å². The largest absolute Gasteiger partial charge is 0.497 e. The minimum absolute atomic E-state index is 0.00252. The molecule has 222 valence electrons. The maximum atomic E-state index is 15.4. The van der Waals surface area contributed by atoms with Crippen LogP contribution in [0.2, 0.25) is 0 Å². The van der Waals surface area contributed by atoms with Crippen molar-refractivity contribution in [2.24, 2.45) is 0 Å². The van der Waals surface area contributed by atoms with Gasteiger partial charge in [0.15, 0.2) is 0 Å². The molecule has 12 heteroatoms. The summed E-state index contributed by atoms with van der Waals surface area (Å²) in [7, 11) is 1.26. The van der Waals surface area contributed by atoms with E-state index in [-0.39, 0.29) is 29.3 Å². The summed E-state index contributed by atoms with van der Waals surface area (Å²) in [6.45, 7) is -1.15. The van der Waals surface area contributed by atoms with Gasteiger partial charge in [-0.05, 0) is 68.0 Å². The standard InChI is InChI=1S/C30H29F4N3O5/c1-3-36-14-17-6-4-5-7-20(17)26(29(36)40)37-15-21(24-22(31)12-19(41-2)13-23(24)32)25(28(37)39)35-27(38)16-8-10-18(11-9-16)42-30(33)34/h8-14,21,25,30H,3-7,15H2,1-2H3,(H,35,38)/t21-,25?/m0/s1. The van der Waals surface area contributed by atoms with Gasteiger partial charge in [0, 0.05) is 48.5 Å². The number of methoxy groups -OCH3 is 1. The summed E-state index contributed by atoms with van der Waals surface area (Å²) in [5.41, 5.74) is 0.981. The van der Waals surface area contributed by atoms with Gasteiger partial charge >= 0.3 is 6.61 Å². The molecule has 3 aromatic rings. The van der Waals surface area contributed by atoms with Crippen molar-refractivity contribution in [3.63, 3.8) is 0 Å². The SMILES string of the molecule is CCn1cc2c(c(N3C[C@@H](c4c(F)cc(OC)cc4F)C(NC(=O)c4ccc(OC(F)F)cc4)C3=O)c1=O)CCCC2. The summed E-state index contributed by atoms with van der Waals surface area (Å²) in [6, 6.07) is 5.30. The van der Waals surface area contributed by atoms with Gasteiger partial charge in [0.2, 0.25) is 5.91 Å². The van der Waals surface area contributed by atoms with Crippen LogP contribution in [0.1, 0.15) is 52.7 Å². The molecule has 0 radical (unpaired) electrons. The summed E-state index contributed by atoms with van der Waals surface area (Å²) in [6.07, 6.45) is 4.82. The number of alkyl halides is 2. The van der Waals surface area contributed by atoms with Crippen molar-refractivity contribution < 1.29 is 36.6 Å². The topological polar surface area (TPSA) is 89.9 Å². The average molecular weight is 588 g/mol. The van der Waals surface area contributed by atoms with Gasteiger partial charge < -0.3 is 24.3 Å². The Morgan fingerprint density at radius 1 is 1.05 bits per heavy atom. The molecule has 1 aromatic heterocycles. The van der Waals surface area contributed by atoms with E-state index in [1.807, 2.05) is 0 Å². The normalized spacial score (nSPS) is 18.3. The number of aryl methyl sites for hydroxylation is 2. The Kier molecular flexibility index (Phi) is 8.24. The van der Waals surface area contributed by atoms with E-state index >= 15 is 8.78 Å². The molecule has 1 fully saturated rings. The minimum atomic E-state index is -3.05. The lowest BCUT2D eigenvalue weighted by molar-refractivity contribution is -0.118. The Morgan fingerprint density at radius 2 is 1.71 bits per heavy atom. The third-order valence-electron chi connectivity index (χ3n) is 7.78. The molecule has 1 saturated heterocycles. The summed E-state index contributed by atoms with van der Waals surface area (Å²) in [4.78, 5) is 42.0. The van der Waals surface area contributed by atoms with E-state index in [4.69, 9.17) is 4.74 Å². The first-order valence-electron chi connectivity index (χ1n) is 13.6. The van der Waals surface area contributed by atoms with E-state index in [0.717, 1.165) is 54.7 Å². The lowest BCUT2D eigenvalue weighted by atomic mass is 9.91. The van der Waals surface area contributed by atoms with Crippen LogP contribution in [0, 0.1) is 11.6 Å². The Morgan fingerprint density at radius 3 is 2.33 bits per heavy atom. The van der Waals surface area contributed by atoms with Crippen LogP contribution < -0.4 is 25.2 Å². The second-order valence-corrected chi connectivity index (χ2v) is 10.2. The van der Waals surface area contributed by atoms with Crippen molar-refractivity contribution in [2.75, 3.05) is 18.6 Å². The van der Waals surface area contributed by atoms with Crippen molar-refractivity contribution >= 4 is 17.5 Å². The third kappa shape index (κ3) is 5.45. The number of ether oxygens (including phenoxy) is 2. The van der Waals surface area contributed by atoms with Crippen molar-refractivity contribution in [3.8, 4) is 11.5 Å². The van der Waals surface area contributed by atoms with E-state index in [1.165, 1.54) is 28.7 Å². The fourth-order valence-electron chi connectivity index (χ4n) is 5.77.